The van der Waals surface area contributed by atoms with Crippen molar-refractivity contribution < 1.29 is 14.4 Å². The second kappa shape index (κ2) is 4.30. The lowest BCUT2D eigenvalue weighted by Crippen LogP contribution is -2.44. The third kappa shape index (κ3) is 1.79. The molecule has 0 radical (unpaired) electrons. The zero-order chi connectivity index (χ0) is 13.6. The predicted molar refractivity (Wildman–Crippen MR) is 68.8 cm³/mol. The number of carbonyl (C=O) groups is 3. The summed E-state index contributed by atoms with van der Waals surface area (Å²) in [6.07, 6.45) is 1.64. The van der Waals surface area contributed by atoms with E-state index in [2.05, 4.69) is 0 Å². The first-order valence-electron chi connectivity index (χ1n) is 6.59. The molecule has 2 atom stereocenters. The second-order valence-corrected chi connectivity index (χ2v) is 5.32. The van der Waals surface area contributed by atoms with Gasteiger partial charge in [-0.25, -0.2) is 0 Å². The van der Waals surface area contributed by atoms with Crippen molar-refractivity contribution in [2.24, 2.45) is 5.92 Å². The Balaban J connectivity index is 1.90. The molecule has 0 bridgehead atoms. The topological polar surface area (TPSA) is 54.5 Å². The Kier molecular flexibility index (Phi) is 2.73. The Hall–Kier alpha value is -1.97. The van der Waals surface area contributed by atoms with Gasteiger partial charge in [-0.2, -0.15) is 0 Å². The van der Waals surface area contributed by atoms with Gasteiger partial charge in [-0.05, 0) is 25.0 Å². The van der Waals surface area contributed by atoms with Crippen molar-refractivity contribution in [3.63, 3.8) is 0 Å². The molecule has 1 fully saturated rings. The molecule has 3 rings (SSSR count). The highest BCUT2D eigenvalue weighted by Crippen LogP contribution is 2.31. The number of imide groups is 1. The zero-order valence-electron chi connectivity index (χ0n) is 10.8. The maximum Gasteiger partial charge on any atom is 0.261 e. The van der Waals surface area contributed by atoms with Gasteiger partial charge in [-0.15, -0.1) is 0 Å². The van der Waals surface area contributed by atoms with Gasteiger partial charge in [-0.3, -0.25) is 19.3 Å². The van der Waals surface area contributed by atoms with E-state index in [0.717, 1.165) is 0 Å². The number of ketones is 1. The summed E-state index contributed by atoms with van der Waals surface area (Å²) in [5.74, 6) is -0.268. The summed E-state index contributed by atoms with van der Waals surface area (Å²) in [7, 11) is 0. The van der Waals surface area contributed by atoms with E-state index >= 15 is 0 Å². The van der Waals surface area contributed by atoms with Crippen molar-refractivity contribution >= 4 is 17.6 Å². The molecule has 19 heavy (non-hydrogen) atoms. The fraction of sp³-hybridized carbons (Fsp3) is 0.400. The molecule has 4 heteroatoms. The van der Waals surface area contributed by atoms with Gasteiger partial charge in [0, 0.05) is 18.4 Å². The van der Waals surface area contributed by atoms with E-state index in [-0.39, 0.29) is 29.6 Å². The molecule has 1 aromatic carbocycles. The minimum Gasteiger partial charge on any atom is -0.299 e. The first-order valence-corrected chi connectivity index (χ1v) is 6.59. The van der Waals surface area contributed by atoms with Crippen LogP contribution in [-0.4, -0.2) is 28.5 Å². The van der Waals surface area contributed by atoms with Crippen LogP contribution in [0.3, 0.4) is 0 Å². The van der Waals surface area contributed by atoms with Crippen LogP contribution in [0.4, 0.5) is 0 Å². The van der Waals surface area contributed by atoms with Crippen LogP contribution < -0.4 is 0 Å². The largest absolute Gasteiger partial charge is 0.299 e. The molecule has 2 amide bonds. The number of hydrogen-bond acceptors (Lipinski definition) is 3. The van der Waals surface area contributed by atoms with Crippen LogP contribution in [0.1, 0.15) is 46.9 Å². The Morgan fingerprint density at radius 1 is 1.05 bits per heavy atom. The molecule has 0 saturated heterocycles. The maximum absolute atomic E-state index is 12.3. The lowest BCUT2D eigenvalue weighted by molar-refractivity contribution is -0.125. The Labute approximate surface area is 111 Å². The Morgan fingerprint density at radius 2 is 1.63 bits per heavy atom. The molecule has 1 aliphatic heterocycles. The highest BCUT2D eigenvalue weighted by atomic mass is 16.2. The lowest BCUT2D eigenvalue weighted by Gasteiger charge is -2.31. The first-order chi connectivity index (χ1) is 9.09. The molecule has 1 aliphatic carbocycles. The van der Waals surface area contributed by atoms with Gasteiger partial charge in [0.25, 0.3) is 11.8 Å². The number of benzene rings is 1. The van der Waals surface area contributed by atoms with Crippen LogP contribution in [0, 0.1) is 5.92 Å². The second-order valence-electron chi connectivity index (χ2n) is 5.32. The smallest absolute Gasteiger partial charge is 0.261 e. The molecule has 0 aromatic heterocycles. The van der Waals surface area contributed by atoms with Crippen LogP contribution in [0.2, 0.25) is 0 Å². The van der Waals surface area contributed by atoms with Crippen molar-refractivity contribution in [1.29, 1.82) is 0 Å². The molecule has 2 unspecified atom stereocenters. The molecular weight excluding hydrogens is 242 g/mol. The van der Waals surface area contributed by atoms with Gasteiger partial charge in [-0.1, -0.05) is 19.1 Å². The van der Waals surface area contributed by atoms with Gasteiger partial charge in [0.05, 0.1) is 11.1 Å². The average Bonchev–Trinajstić information content (AvgIpc) is 2.66. The SMILES string of the molecule is CC1CC(N2C(=O)c3ccccc3C2=O)CCC1=O. The van der Waals surface area contributed by atoms with Gasteiger partial charge >= 0.3 is 0 Å². The number of nitrogens with zero attached hydrogens (tertiary/aromatic N) is 1. The first kappa shape index (κ1) is 12.1. The maximum atomic E-state index is 12.3. The molecule has 2 aliphatic rings. The third-order valence-electron chi connectivity index (χ3n) is 4.09. The normalized spacial score (nSPS) is 26.8. The van der Waals surface area contributed by atoms with Crippen LogP contribution in [0.25, 0.3) is 0 Å². The number of Topliss-reactive ketones (excluding diaryl/α,β-unsaturated/α-hetero) is 1. The van der Waals surface area contributed by atoms with E-state index in [4.69, 9.17) is 0 Å². The zero-order valence-corrected chi connectivity index (χ0v) is 10.8. The molecule has 1 heterocycles. The van der Waals surface area contributed by atoms with Crippen molar-refractivity contribution in [2.75, 3.05) is 0 Å². The number of amides is 2. The van der Waals surface area contributed by atoms with Crippen molar-refractivity contribution in [2.45, 2.75) is 32.2 Å². The summed E-state index contributed by atoms with van der Waals surface area (Å²) in [5.41, 5.74) is 0.967. The van der Waals surface area contributed by atoms with E-state index in [9.17, 15) is 14.4 Å². The monoisotopic (exact) mass is 257 g/mol. The Bertz CT molecular complexity index is 544. The van der Waals surface area contributed by atoms with E-state index in [1.54, 1.807) is 24.3 Å². The quantitative estimate of drug-likeness (QED) is 0.723. The van der Waals surface area contributed by atoms with Crippen molar-refractivity contribution in [3.05, 3.63) is 35.4 Å². The minimum absolute atomic E-state index is 0.0666. The molecule has 4 nitrogen and oxygen atoms in total. The van der Waals surface area contributed by atoms with E-state index in [1.165, 1.54) is 4.90 Å². The molecule has 1 saturated carbocycles. The molecule has 0 N–H and O–H groups in total. The average molecular weight is 257 g/mol. The fourth-order valence-corrected chi connectivity index (χ4v) is 2.99. The number of hydrogen-bond donors (Lipinski definition) is 0. The summed E-state index contributed by atoms with van der Waals surface area (Å²) in [6.45, 7) is 1.87. The third-order valence-corrected chi connectivity index (χ3v) is 4.09. The summed E-state index contributed by atoms with van der Waals surface area (Å²) in [4.78, 5) is 37.5. The van der Waals surface area contributed by atoms with Gasteiger partial charge in [0.15, 0.2) is 0 Å². The molecule has 1 aromatic rings. The highest BCUT2D eigenvalue weighted by Gasteiger charge is 2.41. The fourth-order valence-electron chi connectivity index (χ4n) is 2.99. The van der Waals surface area contributed by atoms with E-state index < -0.39 is 0 Å². The summed E-state index contributed by atoms with van der Waals surface area (Å²) < 4.78 is 0. The standard InChI is InChI=1S/C15H15NO3/c1-9-8-10(6-7-13(9)17)16-14(18)11-4-2-3-5-12(11)15(16)19/h2-5,9-10H,6-8H2,1H3. The number of fused-ring (bicyclic) bond motifs is 1. The summed E-state index contributed by atoms with van der Waals surface area (Å²) in [5, 5.41) is 0. The van der Waals surface area contributed by atoms with Crippen LogP contribution in [0.5, 0.6) is 0 Å². The van der Waals surface area contributed by atoms with E-state index in [1.807, 2.05) is 6.92 Å². The summed E-state index contributed by atoms with van der Waals surface area (Å²) >= 11 is 0. The van der Waals surface area contributed by atoms with Crippen molar-refractivity contribution in [3.8, 4) is 0 Å². The predicted octanol–water partition coefficient (Wildman–Crippen LogP) is 2.04. The Morgan fingerprint density at radius 3 is 2.16 bits per heavy atom. The van der Waals surface area contributed by atoms with Crippen LogP contribution in [-0.2, 0) is 4.79 Å². The van der Waals surface area contributed by atoms with E-state index in [0.29, 0.717) is 30.4 Å². The minimum atomic E-state index is -0.216. The van der Waals surface area contributed by atoms with Gasteiger partial charge in [0.1, 0.15) is 5.78 Å². The van der Waals surface area contributed by atoms with Gasteiger partial charge in [0.2, 0.25) is 0 Å². The number of rotatable bonds is 1. The number of carbonyl (C=O) groups excluding carboxylic acids is 3. The molecule has 0 spiro atoms. The molecule has 98 valence electrons. The summed E-state index contributed by atoms with van der Waals surface area (Å²) in [6, 6.07) is 6.76. The van der Waals surface area contributed by atoms with Crippen molar-refractivity contribution in [1.82, 2.24) is 4.90 Å². The lowest BCUT2D eigenvalue weighted by atomic mass is 9.85. The van der Waals surface area contributed by atoms with Crippen LogP contribution >= 0.6 is 0 Å². The van der Waals surface area contributed by atoms with Crippen LogP contribution in [0.15, 0.2) is 24.3 Å². The molecular formula is C15H15NO3. The highest BCUT2D eigenvalue weighted by molar-refractivity contribution is 6.21. The van der Waals surface area contributed by atoms with Gasteiger partial charge < -0.3 is 0 Å².